The third kappa shape index (κ3) is 7.86. The SMILES string of the molecule is COc1cccc(CN(C(=O)Cc2ccccc2Cl)[C@H](Cc2ccccc2)C(=O)NC(C)(C)C)c1. The first kappa shape index (κ1) is 26.3. The predicted octanol–water partition coefficient (Wildman–Crippen LogP) is 5.45. The first-order valence-corrected chi connectivity index (χ1v) is 12.1. The van der Waals surface area contributed by atoms with E-state index in [2.05, 4.69) is 5.32 Å². The molecule has 0 saturated carbocycles. The van der Waals surface area contributed by atoms with Crippen molar-refractivity contribution in [1.82, 2.24) is 10.2 Å². The molecule has 0 saturated heterocycles. The van der Waals surface area contributed by atoms with Gasteiger partial charge in [0.15, 0.2) is 0 Å². The van der Waals surface area contributed by atoms with Crippen molar-refractivity contribution >= 4 is 23.4 Å². The Balaban J connectivity index is 2.01. The molecule has 3 aromatic carbocycles. The van der Waals surface area contributed by atoms with Crippen molar-refractivity contribution in [3.8, 4) is 5.75 Å². The first-order chi connectivity index (χ1) is 16.7. The fraction of sp³-hybridized carbons (Fsp3) is 0.310. The van der Waals surface area contributed by atoms with E-state index in [0.717, 1.165) is 16.7 Å². The monoisotopic (exact) mass is 492 g/mol. The summed E-state index contributed by atoms with van der Waals surface area (Å²) in [6.07, 6.45) is 0.485. The third-order valence-electron chi connectivity index (χ3n) is 5.56. The van der Waals surface area contributed by atoms with Gasteiger partial charge in [-0.15, -0.1) is 0 Å². The lowest BCUT2D eigenvalue weighted by Crippen LogP contribution is -2.54. The van der Waals surface area contributed by atoms with E-state index in [1.807, 2.05) is 93.6 Å². The molecule has 5 nitrogen and oxygen atoms in total. The Morgan fingerprint density at radius 2 is 1.60 bits per heavy atom. The van der Waals surface area contributed by atoms with Crippen molar-refractivity contribution in [2.75, 3.05) is 7.11 Å². The number of halogens is 1. The average molecular weight is 493 g/mol. The molecular weight excluding hydrogens is 460 g/mol. The van der Waals surface area contributed by atoms with Gasteiger partial charge in [-0.2, -0.15) is 0 Å². The minimum Gasteiger partial charge on any atom is -0.497 e. The van der Waals surface area contributed by atoms with Crippen LogP contribution in [0.3, 0.4) is 0 Å². The molecule has 0 aromatic heterocycles. The maximum absolute atomic E-state index is 13.8. The first-order valence-electron chi connectivity index (χ1n) is 11.7. The molecule has 0 heterocycles. The zero-order valence-corrected chi connectivity index (χ0v) is 21.5. The second-order valence-corrected chi connectivity index (χ2v) is 9.99. The van der Waals surface area contributed by atoms with Crippen LogP contribution in [-0.2, 0) is 29.0 Å². The summed E-state index contributed by atoms with van der Waals surface area (Å²) in [6.45, 7) is 6.06. The van der Waals surface area contributed by atoms with E-state index in [-0.39, 0.29) is 24.8 Å². The zero-order valence-electron chi connectivity index (χ0n) is 20.8. The van der Waals surface area contributed by atoms with Gasteiger partial charge in [-0.05, 0) is 55.7 Å². The number of benzene rings is 3. The van der Waals surface area contributed by atoms with Crippen LogP contribution in [0.4, 0.5) is 0 Å². The Labute approximate surface area is 213 Å². The lowest BCUT2D eigenvalue weighted by atomic mass is 9.99. The number of hydrogen-bond acceptors (Lipinski definition) is 3. The van der Waals surface area contributed by atoms with Crippen LogP contribution in [0, 0.1) is 0 Å². The Kier molecular flexibility index (Phi) is 8.94. The van der Waals surface area contributed by atoms with Crippen LogP contribution in [0.25, 0.3) is 0 Å². The van der Waals surface area contributed by atoms with Gasteiger partial charge in [0.1, 0.15) is 11.8 Å². The second kappa shape index (κ2) is 11.9. The van der Waals surface area contributed by atoms with E-state index >= 15 is 0 Å². The fourth-order valence-corrected chi connectivity index (χ4v) is 4.08. The van der Waals surface area contributed by atoms with Gasteiger partial charge in [0.2, 0.25) is 11.8 Å². The molecule has 0 unspecified atom stereocenters. The minimum absolute atomic E-state index is 0.0950. The summed E-state index contributed by atoms with van der Waals surface area (Å²) in [6, 6.07) is 23.9. The van der Waals surface area contributed by atoms with E-state index in [1.165, 1.54) is 0 Å². The summed E-state index contributed by atoms with van der Waals surface area (Å²) in [5.74, 6) is 0.322. The standard InChI is InChI=1S/C29H33ClN2O3/c1-29(2,3)31-28(34)26(18-21-11-6-5-7-12-21)32(20-22-13-10-15-24(17-22)35-4)27(33)19-23-14-8-9-16-25(23)30/h5-17,26H,18-20H2,1-4H3,(H,31,34)/t26-/m1/s1. The van der Waals surface area contributed by atoms with E-state index in [9.17, 15) is 9.59 Å². The molecule has 1 atom stereocenters. The van der Waals surface area contributed by atoms with Crippen LogP contribution in [0.1, 0.15) is 37.5 Å². The summed E-state index contributed by atoms with van der Waals surface area (Å²) < 4.78 is 5.38. The molecule has 184 valence electrons. The summed E-state index contributed by atoms with van der Waals surface area (Å²) in [5.41, 5.74) is 2.13. The maximum Gasteiger partial charge on any atom is 0.243 e. The highest BCUT2D eigenvalue weighted by molar-refractivity contribution is 6.31. The van der Waals surface area contributed by atoms with Crippen LogP contribution >= 0.6 is 11.6 Å². The molecule has 3 aromatic rings. The molecule has 0 aliphatic rings. The Hall–Kier alpha value is -3.31. The molecule has 0 radical (unpaired) electrons. The Morgan fingerprint density at radius 1 is 0.943 bits per heavy atom. The molecule has 0 bridgehead atoms. The smallest absolute Gasteiger partial charge is 0.243 e. The van der Waals surface area contributed by atoms with Gasteiger partial charge < -0.3 is 15.0 Å². The van der Waals surface area contributed by atoms with Crippen molar-refractivity contribution < 1.29 is 14.3 Å². The van der Waals surface area contributed by atoms with Crippen LogP contribution in [-0.4, -0.2) is 35.4 Å². The Morgan fingerprint density at radius 3 is 2.26 bits per heavy atom. The molecule has 0 aliphatic carbocycles. The lowest BCUT2D eigenvalue weighted by molar-refractivity contribution is -0.141. The van der Waals surface area contributed by atoms with Crippen molar-refractivity contribution in [2.24, 2.45) is 0 Å². The fourth-order valence-electron chi connectivity index (χ4n) is 3.88. The molecular formula is C29H33ClN2O3. The van der Waals surface area contributed by atoms with Gasteiger partial charge >= 0.3 is 0 Å². The highest BCUT2D eigenvalue weighted by Gasteiger charge is 2.32. The second-order valence-electron chi connectivity index (χ2n) is 9.59. The summed E-state index contributed by atoms with van der Waals surface area (Å²) >= 11 is 6.37. The average Bonchev–Trinajstić information content (AvgIpc) is 2.82. The molecule has 3 rings (SSSR count). The summed E-state index contributed by atoms with van der Waals surface area (Å²) in [5, 5.41) is 3.60. The van der Waals surface area contributed by atoms with E-state index in [0.29, 0.717) is 17.2 Å². The number of ether oxygens (including phenoxy) is 1. The predicted molar refractivity (Wildman–Crippen MR) is 141 cm³/mol. The minimum atomic E-state index is -0.710. The van der Waals surface area contributed by atoms with Crippen molar-refractivity contribution in [1.29, 1.82) is 0 Å². The summed E-state index contributed by atoms with van der Waals surface area (Å²) in [4.78, 5) is 29.0. The van der Waals surface area contributed by atoms with Gasteiger partial charge in [0, 0.05) is 23.5 Å². The number of rotatable bonds is 9. The van der Waals surface area contributed by atoms with E-state index in [4.69, 9.17) is 16.3 Å². The molecule has 1 N–H and O–H groups in total. The van der Waals surface area contributed by atoms with Crippen LogP contribution in [0.2, 0.25) is 5.02 Å². The summed E-state index contributed by atoms with van der Waals surface area (Å²) in [7, 11) is 1.61. The highest BCUT2D eigenvalue weighted by atomic mass is 35.5. The van der Waals surface area contributed by atoms with Crippen LogP contribution < -0.4 is 10.1 Å². The number of hydrogen-bond donors (Lipinski definition) is 1. The van der Waals surface area contributed by atoms with Gasteiger partial charge in [-0.3, -0.25) is 9.59 Å². The largest absolute Gasteiger partial charge is 0.497 e. The number of nitrogens with zero attached hydrogens (tertiary/aromatic N) is 1. The quantitative estimate of drug-likeness (QED) is 0.432. The molecule has 35 heavy (non-hydrogen) atoms. The van der Waals surface area contributed by atoms with Crippen LogP contribution in [0.5, 0.6) is 5.75 Å². The van der Waals surface area contributed by atoms with E-state index in [1.54, 1.807) is 18.1 Å². The molecule has 0 fully saturated rings. The topological polar surface area (TPSA) is 58.6 Å². The van der Waals surface area contributed by atoms with Crippen LogP contribution in [0.15, 0.2) is 78.9 Å². The molecule has 0 spiro atoms. The van der Waals surface area contributed by atoms with Crippen molar-refractivity contribution in [2.45, 2.75) is 51.7 Å². The number of nitrogens with one attached hydrogen (secondary N) is 1. The van der Waals surface area contributed by atoms with Crippen molar-refractivity contribution in [3.63, 3.8) is 0 Å². The maximum atomic E-state index is 13.8. The van der Waals surface area contributed by atoms with Gasteiger partial charge in [0.05, 0.1) is 13.5 Å². The molecule has 2 amide bonds. The number of methoxy groups -OCH3 is 1. The van der Waals surface area contributed by atoms with Gasteiger partial charge in [0.25, 0.3) is 0 Å². The lowest BCUT2D eigenvalue weighted by Gasteiger charge is -2.34. The normalized spacial score (nSPS) is 12.0. The van der Waals surface area contributed by atoms with Crippen molar-refractivity contribution in [3.05, 3.63) is 101 Å². The Bertz CT molecular complexity index is 1140. The number of carbonyl (C=O) groups is 2. The zero-order chi connectivity index (χ0) is 25.4. The third-order valence-corrected chi connectivity index (χ3v) is 5.92. The molecule has 6 heteroatoms. The number of amides is 2. The highest BCUT2D eigenvalue weighted by Crippen LogP contribution is 2.22. The number of carbonyl (C=O) groups excluding carboxylic acids is 2. The van der Waals surface area contributed by atoms with Gasteiger partial charge in [-0.25, -0.2) is 0 Å². The van der Waals surface area contributed by atoms with Gasteiger partial charge in [-0.1, -0.05) is 72.3 Å². The molecule has 0 aliphatic heterocycles. The van der Waals surface area contributed by atoms with E-state index < -0.39 is 11.6 Å².